The van der Waals surface area contributed by atoms with Gasteiger partial charge < -0.3 is 10.6 Å². The normalized spacial score (nSPS) is 15.2. The van der Waals surface area contributed by atoms with E-state index in [9.17, 15) is 4.79 Å². The number of hydrogen-bond donors (Lipinski definition) is 2. The van der Waals surface area contributed by atoms with E-state index in [0.717, 1.165) is 12.8 Å². The lowest BCUT2D eigenvalue weighted by molar-refractivity contribution is 0.240. The van der Waals surface area contributed by atoms with Crippen molar-refractivity contribution in [3.63, 3.8) is 0 Å². The maximum atomic E-state index is 11.3. The zero-order valence-electron chi connectivity index (χ0n) is 8.17. The van der Waals surface area contributed by atoms with Gasteiger partial charge in [0.1, 0.15) is 0 Å². The SMILES string of the molecule is Cc1cscc1CNC(=O)NC1CC1. The highest BCUT2D eigenvalue weighted by atomic mass is 32.1. The Bertz CT molecular complexity index is 331. The summed E-state index contributed by atoms with van der Waals surface area (Å²) < 4.78 is 0. The Morgan fingerprint density at radius 3 is 2.93 bits per heavy atom. The Kier molecular flexibility index (Phi) is 2.72. The number of urea groups is 1. The lowest BCUT2D eigenvalue weighted by Crippen LogP contribution is -2.36. The zero-order chi connectivity index (χ0) is 9.97. The molecule has 1 aliphatic rings. The number of carbonyl (C=O) groups excluding carboxylic acids is 1. The summed E-state index contributed by atoms with van der Waals surface area (Å²) in [6.07, 6.45) is 2.26. The van der Waals surface area contributed by atoms with Crippen molar-refractivity contribution >= 4 is 17.4 Å². The number of rotatable bonds is 3. The van der Waals surface area contributed by atoms with Gasteiger partial charge >= 0.3 is 6.03 Å². The lowest BCUT2D eigenvalue weighted by Gasteiger charge is -2.05. The van der Waals surface area contributed by atoms with Gasteiger partial charge in [-0.25, -0.2) is 4.79 Å². The second-order valence-corrected chi connectivity index (χ2v) is 4.42. The average Bonchev–Trinajstić information content (AvgIpc) is 2.86. The van der Waals surface area contributed by atoms with Crippen molar-refractivity contribution in [2.75, 3.05) is 0 Å². The van der Waals surface area contributed by atoms with Crippen molar-refractivity contribution in [1.29, 1.82) is 0 Å². The minimum Gasteiger partial charge on any atom is -0.335 e. The molecule has 2 N–H and O–H groups in total. The van der Waals surface area contributed by atoms with Crippen LogP contribution in [0, 0.1) is 6.92 Å². The molecule has 0 aliphatic heterocycles. The second-order valence-electron chi connectivity index (χ2n) is 3.68. The molecule has 3 nitrogen and oxygen atoms in total. The van der Waals surface area contributed by atoms with Crippen LogP contribution in [0.15, 0.2) is 10.8 Å². The van der Waals surface area contributed by atoms with Gasteiger partial charge in [-0.05, 0) is 41.7 Å². The van der Waals surface area contributed by atoms with E-state index in [0.29, 0.717) is 12.6 Å². The standard InChI is InChI=1S/C10H14N2OS/c1-7-5-14-6-8(7)4-11-10(13)12-9-2-3-9/h5-6,9H,2-4H2,1H3,(H2,11,12,13). The van der Waals surface area contributed by atoms with Crippen LogP contribution in [0.5, 0.6) is 0 Å². The van der Waals surface area contributed by atoms with Crippen molar-refractivity contribution in [3.05, 3.63) is 21.9 Å². The van der Waals surface area contributed by atoms with Crippen LogP contribution in [0.4, 0.5) is 4.79 Å². The fourth-order valence-corrected chi connectivity index (χ4v) is 2.06. The Morgan fingerprint density at radius 2 is 2.36 bits per heavy atom. The monoisotopic (exact) mass is 210 g/mol. The third-order valence-corrected chi connectivity index (χ3v) is 3.22. The van der Waals surface area contributed by atoms with E-state index in [1.807, 2.05) is 0 Å². The molecule has 0 unspecified atom stereocenters. The number of amides is 2. The molecule has 14 heavy (non-hydrogen) atoms. The molecule has 1 aromatic heterocycles. The number of hydrogen-bond acceptors (Lipinski definition) is 2. The fraction of sp³-hybridized carbons (Fsp3) is 0.500. The van der Waals surface area contributed by atoms with Crippen molar-refractivity contribution in [2.24, 2.45) is 0 Å². The molecule has 1 fully saturated rings. The largest absolute Gasteiger partial charge is 0.335 e. The van der Waals surface area contributed by atoms with Gasteiger partial charge in [0.15, 0.2) is 0 Å². The van der Waals surface area contributed by atoms with E-state index in [4.69, 9.17) is 0 Å². The minimum absolute atomic E-state index is 0.0434. The molecule has 0 radical (unpaired) electrons. The molecule has 1 aromatic rings. The second kappa shape index (κ2) is 4.00. The van der Waals surface area contributed by atoms with Gasteiger partial charge in [0.25, 0.3) is 0 Å². The van der Waals surface area contributed by atoms with Crippen LogP contribution >= 0.6 is 11.3 Å². The predicted octanol–water partition coefficient (Wildman–Crippen LogP) is 2.02. The molecular weight excluding hydrogens is 196 g/mol. The summed E-state index contributed by atoms with van der Waals surface area (Å²) in [5.41, 5.74) is 2.46. The Labute approximate surface area is 87.5 Å². The molecule has 4 heteroatoms. The highest BCUT2D eigenvalue weighted by molar-refractivity contribution is 7.08. The van der Waals surface area contributed by atoms with Crippen LogP contribution in [0.3, 0.4) is 0 Å². The molecule has 0 atom stereocenters. The van der Waals surface area contributed by atoms with Gasteiger partial charge in [-0.15, -0.1) is 0 Å². The van der Waals surface area contributed by atoms with E-state index in [1.165, 1.54) is 11.1 Å². The first kappa shape index (κ1) is 9.52. The van der Waals surface area contributed by atoms with Crippen LogP contribution in [0.2, 0.25) is 0 Å². The van der Waals surface area contributed by atoms with Crippen LogP contribution in [0.1, 0.15) is 24.0 Å². The number of thiophene rings is 1. The highest BCUT2D eigenvalue weighted by Crippen LogP contribution is 2.18. The number of carbonyl (C=O) groups is 1. The third kappa shape index (κ3) is 2.48. The fourth-order valence-electron chi connectivity index (χ4n) is 1.21. The van der Waals surface area contributed by atoms with Crippen molar-refractivity contribution < 1.29 is 4.79 Å². The van der Waals surface area contributed by atoms with Gasteiger partial charge in [0.2, 0.25) is 0 Å². The van der Waals surface area contributed by atoms with E-state index in [1.54, 1.807) is 11.3 Å². The van der Waals surface area contributed by atoms with Crippen LogP contribution in [-0.4, -0.2) is 12.1 Å². The number of aryl methyl sites for hydroxylation is 1. The quantitative estimate of drug-likeness (QED) is 0.787. The van der Waals surface area contributed by atoms with Crippen molar-refractivity contribution in [2.45, 2.75) is 32.4 Å². The van der Waals surface area contributed by atoms with E-state index >= 15 is 0 Å². The van der Waals surface area contributed by atoms with Gasteiger partial charge in [0.05, 0.1) is 0 Å². The third-order valence-electron chi connectivity index (χ3n) is 2.31. The number of nitrogens with one attached hydrogen (secondary N) is 2. The van der Waals surface area contributed by atoms with Crippen LogP contribution in [0.25, 0.3) is 0 Å². The Balaban J connectivity index is 1.76. The van der Waals surface area contributed by atoms with E-state index in [-0.39, 0.29) is 6.03 Å². The molecular formula is C10H14N2OS. The maximum Gasteiger partial charge on any atom is 0.315 e. The summed E-state index contributed by atoms with van der Waals surface area (Å²) in [5, 5.41) is 9.91. The summed E-state index contributed by atoms with van der Waals surface area (Å²) in [5.74, 6) is 0. The van der Waals surface area contributed by atoms with Gasteiger partial charge in [-0.1, -0.05) is 0 Å². The summed E-state index contributed by atoms with van der Waals surface area (Å²) >= 11 is 1.67. The van der Waals surface area contributed by atoms with Crippen LogP contribution < -0.4 is 10.6 Å². The van der Waals surface area contributed by atoms with E-state index in [2.05, 4.69) is 28.3 Å². The first-order valence-electron chi connectivity index (χ1n) is 4.82. The topological polar surface area (TPSA) is 41.1 Å². The summed E-state index contributed by atoms with van der Waals surface area (Å²) in [6, 6.07) is 0.386. The summed E-state index contributed by atoms with van der Waals surface area (Å²) in [4.78, 5) is 11.3. The molecule has 0 bridgehead atoms. The molecule has 0 saturated heterocycles. The molecule has 0 spiro atoms. The Morgan fingerprint density at radius 1 is 1.57 bits per heavy atom. The van der Waals surface area contributed by atoms with Crippen LogP contribution in [-0.2, 0) is 6.54 Å². The first-order valence-corrected chi connectivity index (χ1v) is 5.76. The molecule has 76 valence electrons. The zero-order valence-corrected chi connectivity index (χ0v) is 8.99. The van der Waals surface area contributed by atoms with Crippen molar-refractivity contribution in [3.8, 4) is 0 Å². The minimum atomic E-state index is -0.0434. The Hall–Kier alpha value is -1.03. The lowest BCUT2D eigenvalue weighted by atomic mass is 10.2. The first-order chi connectivity index (χ1) is 6.75. The average molecular weight is 210 g/mol. The summed E-state index contributed by atoms with van der Waals surface area (Å²) in [6.45, 7) is 2.69. The summed E-state index contributed by atoms with van der Waals surface area (Å²) in [7, 11) is 0. The molecule has 0 aromatic carbocycles. The molecule has 2 rings (SSSR count). The van der Waals surface area contributed by atoms with Gasteiger partial charge in [-0.2, -0.15) is 11.3 Å². The molecule has 1 saturated carbocycles. The molecule has 2 amide bonds. The highest BCUT2D eigenvalue weighted by Gasteiger charge is 2.22. The van der Waals surface area contributed by atoms with Gasteiger partial charge in [0, 0.05) is 12.6 Å². The predicted molar refractivity (Wildman–Crippen MR) is 57.4 cm³/mol. The molecule has 1 aliphatic carbocycles. The smallest absolute Gasteiger partial charge is 0.315 e. The maximum absolute atomic E-state index is 11.3. The van der Waals surface area contributed by atoms with Crippen molar-refractivity contribution in [1.82, 2.24) is 10.6 Å². The van der Waals surface area contributed by atoms with E-state index < -0.39 is 0 Å². The van der Waals surface area contributed by atoms with Gasteiger partial charge in [-0.3, -0.25) is 0 Å². The molecule has 1 heterocycles.